The van der Waals surface area contributed by atoms with E-state index in [2.05, 4.69) is 0 Å². The molecule has 0 saturated heterocycles. The van der Waals surface area contributed by atoms with Crippen molar-refractivity contribution in [1.82, 2.24) is 4.90 Å². The largest absolute Gasteiger partial charge is 0.496 e. The number of benzene rings is 3. The molecule has 3 aromatic carbocycles. The lowest BCUT2D eigenvalue weighted by Crippen LogP contribution is -2.31. The molecule has 31 heavy (non-hydrogen) atoms. The van der Waals surface area contributed by atoms with Crippen LogP contribution in [0.15, 0.2) is 78.9 Å². The van der Waals surface area contributed by atoms with Gasteiger partial charge in [0.15, 0.2) is 6.61 Å². The van der Waals surface area contributed by atoms with Gasteiger partial charge in [-0.05, 0) is 35.9 Å². The van der Waals surface area contributed by atoms with Crippen molar-refractivity contribution in [2.45, 2.75) is 13.2 Å². The van der Waals surface area contributed by atoms with Gasteiger partial charge >= 0.3 is 5.97 Å². The van der Waals surface area contributed by atoms with E-state index in [-0.39, 0.29) is 12.5 Å². The van der Waals surface area contributed by atoms with Crippen LogP contribution in [0.1, 0.15) is 21.5 Å². The third-order valence-electron chi connectivity index (χ3n) is 4.69. The Kier molecular flexibility index (Phi) is 7.65. The number of carbonyl (C=O) groups is 2. The highest BCUT2D eigenvalue weighted by molar-refractivity contribution is 5.91. The van der Waals surface area contributed by atoms with E-state index < -0.39 is 5.97 Å². The summed E-state index contributed by atoms with van der Waals surface area (Å²) in [4.78, 5) is 26.1. The average molecular weight is 419 g/mol. The van der Waals surface area contributed by atoms with Crippen molar-refractivity contribution in [3.05, 3.63) is 95.6 Å². The molecule has 0 bridgehead atoms. The quantitative estimate of drug-likeness (QED) is 0.489. The smallest absolute Gasteiger partial charge is 0.338 e. The average Bonchev–Trinajstić information content (AvgIpc) is 2.82. The van der Waals surface area contributed by atoms with Crippen LogP contribution in [0.2, 0.25) is 0 Å². The van der Waals surface area contributed by atoms with Crippen molar-refractivity contribution in [2.75, 3.05) is 20.8 Å². The van der Waals surface area contributed by atoms with Gasteiger partial charge in [0, 0.05) is 19.2 Å². The van der Waals surface area contributed by atoms with Gasteiger partial charge in [0.25, 0.3) is 5.91 Å². The van der Waals surface area contributed by atoms with Gasteiger partial charge in [-0.3, -0.25) is 4.79 Å². The summed E-state index contributed by atoms with van der Waals surface area (Å²) in [5, 5.41) is 0. The van der Waals surface area contributed by atoms with Gasteiger partial charge in [-0.15, -0.1) is 0 Å². The lowest BCUT2D eigenvalue weighted by Gasteiger charge is -2.18. The Balaban J connectivity index is 1.47. The van der Waals surface area contributed by atoms with Crippen LogP contribution in [0.4, 0.5) is 0 Å². The molecule has 0 radical (unpaired) electrons. The third-order valence-corrected chi connectivity index (χ3v) is 4.69. The number of carbonyl (C=O) groups excluding carboxylic acids is 2. The fraction of sp³-hybridized carbons (Fsp3) is 0.200. The molecule has 0 aliphatic carbocycles. The molecular weight excluding hydrogens is 394 g/mol. The molecule has 6 heteroatoms. The fourth-order valence-corrected chi connectivity index (χ4v) is 2.93. The zero-order valence-corrected chi connectivity index (χ0v) is 17.6. The number of nitrogens with zero attached hydrogens (tertiary/aromatic N) is 1. The number of esters is 1. The van der Waals surface area contributed by atoms with Crippen molar-refractivity contribution in [2.24, 2.45) is 0 Å². The number of rotatable bonds is 9. The summed E-state index contributed by atoms with van der Waals surface area (Å²) < 4.78 is 16.2. The summed E-state index contributed by atoms with van der Waals surface area (Å²) in [6.07, 6.45) is 0. The van der Waals surface area contributed by atoms with E-state index in [1.165, 1.54) is 4.90 Å². The molecule has 0 unspecified atom stereocenters. The zero-order valence-electron chi connectivity index (χ0n) is 17.6. The number of likely N-dealkylation sites (N-methyl/N-ethyl adjacent to an activating group) is 1. The third kappa shape index (κ3) is 6.34. The van der Waals surface area contributed by atoms with Crippen LogP contribution >= 0.6 is 0 Å². The number of hydrogen-bond donors (Lipinski definition) is 0. The number of para-hydroxylation sites is 1. The SMILES string of the molecule is COc1ccccc1CN(C)C(=O)COC(=O)c1ccc(OCc2ccccc2)cc1. The summed E-state index contributed by atoms with van der Waals surface area (Å²) in [5.41, 5.74) is 2.28. The van der Waals surface area contributed by atoms with Crippen LogP contribution in [-0.4, -0.2) is 37.5 Å². The van der Waals surface area contributed by atoms with E-state index in [0.717, 1.165) is 11.1 Å². The molecule has 160 valence electrons. The van der Waals surface area contributed by atoms with Crippen LogP contribution in [0.3, 0.4) is 0 Å². The molecule has 0 aliphatic rings. The minimum atomic E-state index is -0.561. The second-order valence-corrected chi connectivity index (χ2v) is 6.94. The van der Waals surface area contributed by atoms with E-state index in [0.29, 0.717) is 30.2 Å². The van der Waals surface area contributed by atoms with Gasteiger partial charge in [0.2, 0.25) is 0 Å². The summed E-state index contributed by atoms with van der Waals surface area (Å²) in [6, 6.07) is 23.9. The molecule has 0 heterocycles. The first-order chi connectivity index (χ1) is 15.1. The van der Waals surface area contributed by atoms with Crippen molar-refractivity contribution in [3.63, 3.8) is 0 Å². The molecule has 0 fully saturated rings. The Morgan fingerprint density at radius 2 is 1.55 bits per heavy atom. The van der Waals surface area contributed by atoms with E-state index in [1.807, 2.05) is 54.6 Å². The molecule has 6 nitrogen and oxygen atoms in total. The van der Waals surface area contributed by atoms with Crippen LogP contribution in [0.5, 0.6) is 11.5 Å². The van der Waals surface area contributed by atoms with Crippen molar-refractivity contribution >= 4 is 11.9 Å². The Bertz CT molecular complexity index is 1000. The first-order valence-electron chi connectivity index (χ1n) is 9.86. The molecule has 0 aromatic heterocycles. The zero-order chi connectivity index (χ0) is 22.1. The molecule has 0 N–H and O–H groups in total. The lowest BCUT2D eigenvalue weighted by atomic mass is 10.2. The van der Waals surface area contributed by atoms with Crippen molar-refractivity contribution in [1.29, 1.82) is 0 Å². The molecular formula is C25H25NO5. The number of methoxy groups -OCH3 is 1. The van der Waals surface area contributed by atoms with Crippen LogP contribution < -0.4 is 9.47 Å². The molecule has 3 aromatic rings. The van der Waals surface area contributed by atoms with Crippen molar-refractivity contribution < 1.29 is 23.8 Å². The topological polar surface area (TPSA) is 65.1 Å². The summed E-state index contributed by atoms with van der Waals surface area (Å²) in [6.45, 7) is 0.461. The van der Waals surface area contributed by atoms with E-state index in [4.69, 9.17) is 14.2 Å². The predicted octanol–water partition coefficient (Wildman–Crippen LogP) is 4.09. The summed E-state index contributed by atoms with van der Waals surface area (Å²) in [5.74, 6) is 0.484. The minimum absolute atomic E-state index is 0.304. The first kappa shape index (κ1) is 21.9. The number of amides is 1. The molecule has 1 amide bonds. The Hall–Kier alpha value is -3.80. The first-order valence-corrected chi connectivity index (χ1v) is 9.86. The predicted molar refractivity (Wildman–Crippen MR) is 117 cm³/mol. The van der Waals surface area contributed by atoms with Gasteiger partial charge in [-0.2, -0.15) is 0 Å². The van der Waals surface area contributed by atoms with Gasteiger partial charge in [-0.25, -0.2) is 4.79 Å². The molecule has 0 aliphatic heterocycles. The highest BCUT2D eigenvalue weighted by atomic mass is 16.5. The van der Waals surface area contributed by atoms with E-state index in [1.54, 1.807) is 38.4 Å². The van der Waals surface area contributed by atoms with Crippen LogP contribution in [-0.2, 0) is 22.7 Å². The second-order valence-electron chi connectivity index (χ2n) is 6.94. The molecule has 0 spiro atoms. The van der Waals surface area contributed by atoms with Crippen LogP contribution in [0.25, 0.3) is 0 Å². The van der Waals surface area contributed by atoms with Crippen LogP contribution in [0, 0.1) is 0 Å². The summed E-state index contributed by atoms with van der Waals surface area (Å²) >= 11 is 0. The standard InChI is InChI=1S/C25H25NO5/c1-26(16-21-10-6-7-11-23(21)29-2)24(27)18-31-25(28)20-12-14-22(15-13-20)30-17-19-8-4-3-5-9-19/h3-15H,16-18H2,1-2H3. The highest BCUT2D eigenvalue weighted by Gasteiger charge is 2.15. The molecule has 0 saturated carbocycles. The minimum Gasteiger partial charge on any atom is -0.496 e. The maximum absolute atomic E-state index is 12.3. The normalized spacial score (nSPS) is 10.3. The van der Waals surface area contributed by atoms with E-state index in [9.17, 15) is 9.59 Å². The van der Waals surface area contributed by atoms with Crippen molar-refractivity contribution in [3.8, 4) is 11.5 Å². The fourth-order valence-electron chi connectivity index (χ4n) is 2.93. The van der Waals surface area contributed by atoms with Gasteiger partial charge in [0.1, 0.15) is 18.1 Å². The maximum Gasteiger partial charge on any atom is 0.338 e. The van der Waals surface area contributed by atoms with Gasteiger partial charge in [-0.1, -0.05) is 48.5 Å². The summed E-state index contributed by atoms with van der Waals surface area (Å²) in [7, 11) is 3.24. The maximum atomic E-state index is 12.3. The monoisotopic (exact) mass is 419 g/mol. The van der Waals surface area contributed by atoms with Gasteiger partial charge in [0.05, 0.1) is 12.7 Å². The second kappa shape index (κ2) is 10.8. The lowest BCUT2D eigenvalue weighted by molar-refractivity contribution is -0.133. The molecule has 3 rings (SSSR count). The Labute approximate surface area is 182 Å². The highest BCUT2D eigenvalue weighted by Crippen LogP contribution is 2.19. The molecule has 0 atom stereocenters. The number of ether oxygens (including phenoxy) is 3. The van der Waals surface area contributed by atoms with Gasteiger partial charge < -0.3 is 19.1 Å². The Morgan fingerprint density at radius 1 is 0.871 bits per heavy atom. The Morgan fingerprint density at radius 3 is 2.26 bits per heavy atom. The van der Waals surface area contributed by atoms with E-state index >= 15 is 0 Å². The number of hydrogen-bond acceptors (Lipinski definition) is 5.